The van der Waals surface area contributed by atoms with E-state index in [4.69, 9.17) is 11.6 Å². The smallest absolute Gasteiger partial charge is 0.247 e. The quantitative estimate of drug-likeness (QED) is 0.691. The highest BCUT2D eigenvalue weighted by Crippen LogP contribution is 2.26. The maximum Gasteiger partial charge on any atom is 0.247 e. The predicted octanol–water partition coefficient (Wildman–Crippen LogP) is 2.36. The summed E-state index contributed by atoms with van der Waals surface area (Å²) in [6.07, 6.45) is 0.306. The van der Waals surface area contributed by atoms with Gasteiger partial charge in [0.25, 0.3) is 0 Å². The van der Waals surface area contributed by atoms with Crippen molar-refractivity contribution in [1.82, 2.24) is 9.88 Å². The summed E-state index contributed by atoms with van der Waals surface area (Å²) in [4.78, 5) is 41.1. The molecule has 118 valence electrons. The molecule has 2 aromatic rings. The van der Waals surface area contributed by atoms with E-state index in [0.29, 0.717) is 11.2 Å². The number of likely N-dealkylation sites (tertiary alicyclic amines) is 1. The molecule has 1 aromatic heterocycles. The number of anilines is 1. The number of imide groups is 1. The van der Waals surface area contributed by atoms with Gasteiger partial charge in [-0.15, -0.1) is 0 Å². The van der Waals surface area contributed by atoms with E-state index in [1.165, 1.54) is 6.92 Å². The highest BCUT2D eigenvalue weighted by Gasteiger charge is 2.36. The Morgan fingerprint density at radius 1 is 1.26 bits per heavy atom. The molecule has 0 bridgehead atoms. The second kappa shape index (κ2) is 5.96. The Bertz CT molecular complexity index is 805. The molecule has 1 unspecified atom stereocenters. The van der Waals surface area contributed by atoms with E-state index in [0.717, 1.165) is 10.3 Å². The number of rotatable bonds is 3. The number of fused-ring (bicyclic) bond motifs is 1. The van der Waals surface area contributed by atoms with Crippen LogP contribution in [0.5, 0.6) is 0 Å². The summed E-state index contributed by atoms with van der Waals surface area (Å²) in [6, 6.07) is 7.91. The average molecular weight is 332 g/mol. The fourth-order valence-electron chi connectivity index (χ4n) is 2.63. The van der Waals surface area contributed by atoms with Gasteiger partial charge in [0.15, 0.2) is 0 Å². The summed E-state index contributed by atoms with van der Waals surface area (Å²) in [5.74, 6) is -1.09. The van der Waals surface area contributed by atoms with Crippen molar-refractivity contribution in [2.24, 2.45) is 0 Å². The highest BCUT2D eigenvalue weighted by molar-refractivity contribution is 6.30. The zero-order chi connectivity index (χ0) is 16.6. The Morgan fingerprint density at radius 3 is 2.61 bits per heavy atom. The van der Waals surface area contributed by atoms with Crippen molar-refractivity contribution in [3.63, 3.8) is 0 Å². The van der Waals surface area contributed by atoms with Gasteiger partial charge in [0, 0.05) is 18.2 Å². The van der Waals surface area contributed by atoms with Crippen molar-refractivity contribution in [1.29, 1.82) is 0 Å². The van der Waals surface area contributed by atoms with Crippen LogP contribution in [-0.4, -0.2) is 33.6 Å². The van der Waals surface area contributed by atoms with Crippen LogP contribution in [0.1, 0.15) is 19.8 Å². The van der Waals surface area contributed by atoms with Gasteiger partial charge < -0.3 is 5.32 Å². The van der Waals surface area contributed by atoms with E-state index in [1.54, 1.807) is 12.1 Å². The van der Waals surface area contributed by atoms with Crippen LogP contribution < -0.4 is 5.32 Å². The molecule has 3 amide bonds. The van der Waals surface area contributed by atoms with E-state index in [2.05, 4.69) is 10.3 Å². The highest BCUT2D eigenvalue weighted by atomic mass is 35.5. The monoisotopic (exact) mass is 331 g/mol. The van der Waals surface area contributed by atoms with Crippen molar-refractivity contribution in [2.75, 3.05) is 5.32 Å². The van der Waals surface area contributed by atoms with Crippen LogP contribution in [0.25, 0.3) is 10.9 Å². The van der Waals surface area contributed by atoms with Crippen LogP contribution in [0.4, 0.5) is 5.69 Å². The fourth-order valence-corrected chi connectivity index (χ4v) is 2.83. The third-order valence-electron chi connectivity index (χ3n) is 3.80. The lowest BCUT2D eigenvalue weighted by Crippen LogP contribution is -2.45. The zero-order valence-corrected chi connectivity index (χ0v) is 13.1. The van der Waals surface area contributed by atoms with E-state index >= 15 is 0 Å². The lowest BCUT2D eigenvalue weighted by Gasteiger charge is -2.22. The SMILES string of the molecule is CC(C(=O)Nc1cc(Cl)nc2ccccc12)N1C(=O)CCC1=O. The number of hydrogen-bond donors (Lipinski definition) is 1. The number of halogens is 1. The molecule has 1 aliphatic heterocycles. The van der Waals surface area contributed by atoms with Crippen LogP contribution in [0.3, 0.4) is 0 Å². The Labute approximate surface area is 137 Å². The average Bonchev–Trinajstić information content (AvgIpc) is 2.85. The molecule has 6 nitrogen and oxygen atoms in total. The van der Waals surface area contributed by atoms with Crippen molar-refractivity contribution < 1.29 is 14.4 Å². The normalized spacial score (nSPS) is 16.0. The van der Waals surface area contributed by atoms with Gasteiger partial charge in [-0.1, -0.05) is 29.8 Å². The molecule has 0 aliphatic carbocycles. The van der Waals surface area contributed by atoms with E-state index in [9.17, 15) is 14.4 Å². The number of nitrogens with zero attached hydrogens (tertiary/aromatic N) is 2. The number of carbonyl (C=O) groups is 3. The van der Waals surface area contributed by atoms with Gasteiger partial charge in [0.1, 0.15) is 11.2 Å². The minimum Gasteiger partial charge on any atom is -0.324 e. The lowest BCUT2D eigenvalue weighted by molar-refractivity contribution is -0.144. The van der Waals surface area contributed by atoms with Gasteiger partial charge in [-0.25, -0.2) is 4.98 Å². The van der Waals surface area contributed by atoms with Crippen LogP contribution in [0, 0.1) is 0 Å². The first-order valence-electron chi connectivity index (χ1n) is 7.18. The molecule has 1 aliphatic rings. The van der Waals surface area contributed by atoms with Gasteiger partial charge in [-0.05, 0) is 19.1 Å². The molecule has 0 spiro atoms. The molecule has 7 heteroatoms. The van der Waals surface area contributed by atoms with Crippen LogP contribution in [0.2, 0.25) is 5.15 Å². The van der Waals surface area contributed by atoms with Gasteiger partial charge in [0.05, 0.1) is 11.2 Å². The van der Waals surface area contributed by atoms with Gasteiger partial charge in [0.2, 0.25) is 17.7 Å². The summed E-state index contributed by atoms with van der Waals surface area (Å²) >= 11 is 5.98. The van der Waals surface area contributed by atoms with Crippen LogP contribution >= 0.6 is 11.6 Å². The number of benzene rings is 1. The van der Waals surface area contributed by atoms with Crippen molar-refractivity contribution in [3.8, 4) is 0 Å². The first-order valence-corrected chi connectivity index (χ1v) is 7.56. The van der Waals surface area contributed by atoms with Crippen molar-refractivity contribution in [2.45, 2.75) is 25.8 Å². The van der Waals surface area contributed by atoms with Crippen molar-refractivity contribution in [3.05, 3.63) is 35.5 Å². The number of nitrogens with one attached hydrogen (secondary N) is 1. The van der Waals surface area contributed by atoms with E-state index in [-0.39, 0.29) is 29.8 Å². The topological polar surface area (TPSA) is 79.4 Å². The molecule has 23 heavy (non-hydrogen) atoms. The lowest BCUT2D eigenvalue weighted by atomic mass is 10.1. The summed E-state index contributed by atoms with van der Waals surface area (Å²) in [5, 5.41) is 3.72. The number of hydrogen-bond acceptors (Lipinski definition) is 4. The minimum atomic E-state index is -0.872. The molecule has 1 fully saturated rings. The molecule has 1 N–H and O–H groups in total. The van der Waals surface area contributed by atoms with Crippen LogP contribution in [0.15, 0.2) is 30.3 Å². The molecular weight excluding hydrogens is 318 g/mol. The zero-order valence-electron chi connectivity index (χ0n) is 12.4. The first-order chi connectivity index (χ1) is 11.0. The maximum atomic E-state index is 12.4. The van der Waals surface area contributed by atoms with E-state index in [1.807, 2.05) is 18.2 Å². The molecule has 0 radical (unpaired) electrons. The van der Waals surface area contributed by atoms with Gasteiger partial charge >= 0.3 is 0 Å². The molecule has 1 atom stereocenters. The maximum absolute atomic E-state index is 12.4. The summed E-state index contributed by atoms with van der Waals surface area (Å²) < 4.78 is 0. The van der Waals surface area contributed by atoms with Crippen LogP contribution in [-0.2, 0) is 14.4 Å². The van der Waals surface area contributed by atoms with E-state index < -0.39 is 11.9 Å². The second-order valence-corrected chi connectivity index (χ2v) is 5.72. The Kier molecular flexibility index (Phi) is 4.00. The molecule has 3 rings (SSSR count). The summed E-state index contributed by atoms with van der Waals surface area (Å²) in [6.45, 7) is 1.53. The molecule has 1 saturated heterocycles. The molecule has 2 heterocycles. The third kappa shape index (κ3) is 2.90. The number of amides is 3. The standard InChI is InChI=1S/C16H14ClN3O3/c1-9(20-14(21)6-7-15(20)22)16(23)19-12-8-13(17)18-11-5-3-2-4-10(11)12/h2-5,8-9H,6-7H2,1H3,(H,18,19,23). The first kappa shape index (κ1) is 15.4. The predicted molar refractivity (Wildman–Crippen MR) is 85.9 cm³/mol. The summed E-state index contributed by atoms with van der Waals surface area (Å²) in [7, 11) is 0. The second-order valence-electron chi connectivity index (χ2n) is 5.33. The Balaban J connectivity index is 1.88. The molecule has 1 aromatic carbocycles. The number of para-hydroxylation sites is 1. The third-order valence-corrected chi connectivity index (χ3v) is 3.99. The molecule has 0 saturated carbocycles. The van der Waals surface area contributed by atoms with Gasteiger partial charge in [-0.3, -0.25) is 19.3 Å². The van der Waals surface area contributed by atoms with Crippen molar-refractivity contribution >= 4 is 45.9 Å². The number of carbonyl (C=O) groups excluding carboxylic acids is 3. The molecular formula is C16H14ClN3O3. The summed E-state index contributed by atoms with van der Waals surface area (Å²) in [5.41, 5.74) is 1.15. The minimum absolute atomic E-state index is 0.153. The fraction of sp³-hybridized carbons (Fsp3) is 0.250. The Hall–Kier alpha value is -2.47. The van der Waals surface area contributed by atoms with Gasteiger partial charge in [-0.2, -0.15) is 0 Å². The number of pyridine rings is 1. The largest absolute Gasteiger partial charge is 0.324 e. The number of aromatic nitrogens is 1. The Morgan fingerprint density at radius 2 is 1.91 bits per heavy atom.